The Bertz CT molecular complexity index is 580. The van der Waals surface area contributed by atoms with Gasteiger partial charge in [-0.3, -0.25) is 4.79 Å². The molecule has 0 bridgehead atoms. The van der Waals surface area contributed by atoms with E-state index in [-0.39, 0.29) is 11.9 Å². The van der Waals surface area contributed by atoms with Gasteiger partial charge in [-0.2, -0.15) is 15.4 Å². The number of rotatable bonds is 4. The second-order valence-corrected chi connectivity index (χ2v) is 4.85. The topological polar surface area (TPSA) is 82.7 Å². The number of nitrogens with one attached hydrogen (secondary N) is 3. The second-order valence-electron chi connectivity index (χ2n) is 4.85. The third kappa shape index (κ3) is 2.70. The number of H-pyrrole nitrogens is 1. The molecule has 1 aliphatic rings. The minimum Gasteiger partial charge on any atom is -0.355 e. The van der Waals surface area contributed by atoms with Gasteiger partial charge in [0.15, 0.2) is 0 Å². The van der Waals surface area contributed by atoms with Crippen LogP contribution >= 0.6 is 0 Å². The van der Waals surface area contributed by atoms with Crippen molar-refractivity contribution in [1.82, 2.24) is 26.0 Å². The number of carbonyl (C=O) groups is 1. The minimum absolute atomic E-state index is 0.0704. The lowest BCUT2D eigenvalue weighted by Gasteiger charge is -2.22. The maximum atomic E-state index is 11.7. The highest BCUT2D eigenvalue weighted by Crippen LogP contribution is 2.19. The van der Waals surface area contributed by atoms with Gasteiger partial charge in [0.25, 0.3) is 0 Å². The van der Waals surface area contributed by atoms with Crippen LogP contribution in [0.25, 0.3) is 11.3 Å². The van der Waals surface area contributed by atoms with Crippen LogP contribution in [-0.4, -0.2) is 33.9 Å². The van der Waals surface area contributed by atoms with Gasteiger partial charge in [0.1, 0.15) is 11.4 Å². The molecule has 6 heteroatoms. The summed E-state index contributed by atoms with van der Waals surface area (Å²) in [5.41, 5.74) is 2.68. The maximum Gasteiger partial charge on any atom is 0.237 e. The molecule has 3 N–H and O–H groups in total. The number of aromatic amines is 1. The lowest BCUT2D eigenvalue weighted by molar-refractivity contribution is -0.124. The quantitative estimate of drug-likeness (QED) is 0.769. The van der Waals surface area contributed by atoms with Crippen molar-refractivity contribution in [1.29, 1.82) is 0 Å². The summed E-state index contributed by atoms with van der Waals surface area (Å²) in [4.78, 5) is 11.7. The minimum atomic E-state index is -0.135. The molecule has 1 aliphatic heterocycles. The van der Waals surface area contributed by atoms with Crippen LogP contribution in [0.5, 0.6) is 0 Å². The van der Waals surface area contributed by atoms with Gasteiger partial charge >= 0.3 is 0 Å². The zero-order valence-corrected chi connectivity index (χ0v) is 11.1. The molecule has 0 radical (unpaired) electrons. The van der Waals surface area contributed by atoms with Crippen molar-refractivity contribution < 1.29 is 4.79 Å². The molecule has 2 heterocycles. The Balaban J connectivity index is 1.70. The van der Waals surface area contributed by atoms with E-state index in [0.717, 1.165) is 36.3 Å². The van der Waals surface area contributed by atoms with Gasteiger partial charge in [0.05, 0.1) is 6.04 Å². The first-order valence-electron chi connectivity index (χ1n) is 6.81. The number of amides is 1. The summed E-state index contributed by atoms with van der Waals surface area (Å²) >= 11 is 0. The molecule has 0 spiro atoms. The van der Waals surface area contributed by atoms with Gasteiger partial charge in [0.2, 0.25) is 5.91 Å². The van der Waals surface area contributed by atoms with Crippen LogP contribution in [0.4, 0.5) is 0 Å². The Hall–Kier alpha value is -2.21. The standard InChI is InChI=1S/C14H17N5O/c20-14-11(7-4-8-15-14)16-9-12-13(18-19-17-12)10-5-2-1-3-6-10/h1-3,5-6,11,16H,4,7-9H2,(H,15,20)(H,17,18,19). The zero-order valence-electron chi connectivity index (χ0n) is 11.1. The molecule has 2 aromatic rings. The number of hydrogen-bond donors (Lipinski definition) is 3. The van der Waals surface area contributed by atoms with Crippen molar-refractivity contribution in [3.63, 3.8) is 0 Å². The fourth-order valence-corrected chi connectivity index (χ4v) is 2.39. The summed E-state index contributed by atoms with van der Waals surface area (Å²) in [7, 11) is 0. The number of nitrogens with zero attached hydrogens (tertiary/aromatic N) is 2. The predicted octanol–water partition coefficient (Wildman–Crippen LogP) is 0.840. The number of benzene rings is 1. The largest absolute Gasteiger partial charge is 0.355 e. The summed E-state index contributed by atoms with van der Waals surface area (Å²) in [5.74, 6) is 0.0704. The number of piperidine rings is 1. The van der Waals surface area contributed by atoms with Crippen molar-refractivity contribution >= 4 is 5.91 Å². The SMILES string of the molecule is O=C1NCCCC1NCc1n[nH]nc1-c1ccccc1. The Morgan fingerprint density at radius 2 is 2.10 bits per heavy atom. The lowest BCUT2D eigenvalue weighted by Crippen LogP contribution is -2.48. The highest BCUT2D eigenvalue weighted by molar-refractivity contribution is 5.82. The van der Waals surface area contributed by atoms with Crippen LogP contribution in [0.15, 0.2) is 30.3 Å². The molecule has 20 heavy (non-hydrogen) atoms. The monoisotopic (exact) mass is 271 g/mol. The molecule has 0 saturated carbocycles. The van der Waals surface area contributed by atoms with Gasteiger partial charge in [0, 0.05) is 18.7 Å². The Morgan fingerprint density at radius 3 is 2.90 bits per heavy atom. The highest BCUT2D eigenvalue weighted by atomic mass is 16.2. The fourth-order valence-electron chi connectivity index (χ4n) is 2.39. The van der Waals surface area contributed by atoms with Crippen LogP contribution in [-0.2, 0) is 11.3 Å². The smallest absolute Gasteiger partial charge is 0.237 e. The van der Waals surface area contributed by atoms with E-state index in [1.807, 2.05) is 30.3 Å². The van der Waals surface area contributed by atoms with Gasteiger partial charge < -0.3 is 10.6 Å². The van der Waals surface area contributed by atoms with E-state index in [2.05, 4.69) is 26.0 Å². The maximum absolute atomic E-state index is 11.7. The Kier molecular flexibility index (Phi) is 3.73. The van der Waals surface area contributed by atoms with Crippen molar-refractivity contribution in [2.45, 2.75) is 25.4 Å². The molecule has 3 rings (SSSR count). The van der Waals surface area contributed by atoms with E-state index in [4.69, 9.17) is 0 Å². The third-order valence-corrected chi connectivity index (χ3v) is 3.47. The number of aromatic nitrogens is 3. The molecule has 6 nitrogen and oxygen atoms in total. The number of hydrogen-bond acceptors (Lipinski definition) is 4. The molecule has 1 atom stereocenters. The van der Waals surface area contributed by atoms with E-state index < -0.39 is 0 Å². The first kappa shape index (κ1) is 12.8. The van der Waals surface area contributed by atoms with Crippen LogP contribution in [0, 0.1) is 0 Å². The molecule has 1 fully saturated rings. The lowest BCUT2D eigenvalue weighted by atomic mass is 10.1. The van der Waals surface area contributed by atoms with Gasteiger partial charge in [-0.1, -0.05) is 30.3 Å². The summed E-state index contributed by atoms with van der Waals surface area (Å²) in [6.45, 7) is 1.30. The average Bonchev–Trinajstić information content (AvgIpc) is 2.96. The normalized spacial score (nSPS) is 18.8. The van der Waals surface area contributed by atoms with Gasteiger partial charge in [-0.15, -0.1) is 0 Å². The highest BCUT2D eigenvalue weighted by Gasteiger charge is 2.22. The summed E-state index contributed by atoms with van der Waals surface area (Å²) < 4.78 is 0. The molecule has 104 valence electrons. The van der Waals surface area contributed by atoms with Gasteiger partial charge in [-0.05, 0) is 12.8 Å². The summed E-state index contributed by atoms with van der Waals surface area (Å²) in [5, 5.41) is 17.1. The molecule has 1 unspecified atom stereocenters. The predicted molar refractivity (Wildman–Crippen MR) is 74.7 cm³/mol. The molecule has 1 amide bonds. The van der Waals surface area contributed by atoms with Crippen LogP contribution in [0.1, 0.15) is 18.5 Å². The molecule has 0 aliphatic carbocycles. The first-order chi connectivity index (χ1) is 9.84. The molecule has 1 aromatic carbocycles. The summed E-state index contributed by atoms with van der Waals surface area (Å²) in [6.07, 6.45) is 1.87. The second kappa shape index (κ2) is 5.83. The zero-order chi connectivity index (χ0) is 13.8. The van der Waals surface area contributed by atoms with E-state index in [9.17, 15) is 4.79 Å². The van der Waals surface area contributed by atoms with Crippen LogP contribution in [0.2, 0.25) is 0 Å². The van der Waals surface area contributed by atoms with E-state index in [0.29, 0.717) is 6.54 Å². The van der Waals surface area contributed by atoms with E-state index in [1.54, 1.807) is 0 Å². The number of carbonyl (C=O) groups excluding carboxylic acids is 1. The Labute approximate surface area is 117 Å². The van der Waals surface area contributed by atoms with Crippen molar-refractivity contribution in [3.05, 3.63) is 36.0 Å². The van der Waals surface area contributed by atoms with Crippen molar-refractivity contribution in [2.24, 2.45) is 0 Å². The molecule has 1 saturated heterocycles. The van der Waals surface area contributed by atoms with E-state index in [1.165, 1.54) is 0 Å². The summed E-state index contributed by atoms with van der Waals surface area (Å²) in [6, 6.07) is 9.76. The average molecular weight is 271 g/mol. The fraction of sp³-hybridized carbons (Fsp3) is 0.357. The van der Waals surface area contributed by atoms with Crippen molar-refractivity contribution in [3.8, 4) is 11.3 Å². The van der Waals surface area contributed by atoms with Crippen LogP contribution in [0.3, 0.4) is 0 Å². The molecular weight excluding hydrogens is 254 g/mol. The van der Waals surface area contributed by atoms with E-state index >= 15 is 0 Å². The van der Waals surface area contributed by atoms with Crippen molar-refractivity contribution in [2.75, 3.05) is 6.54 Å². The van der Waals surface area contributed by atoms with Crippen LogP contribution < -0.4 is 10.6 Å². The first-order valence-corrected chi connectivity index (χ1v) is 6.81. The molecular formula is C14H17N5O. The third-order valence-electron chi connectivity index (χ3n) is 3.47. The Morgan fingerprint density at radius 1 is 1.25 bits per heavy atom. The van der Waals surface area contributed by atoms with Gasteiger partial charge in [-0.25, -0.2) is 0 Å². The molecule has 1 aromatic heterocycles.